The molecular weight excluding hydrogens is 326 g/mol. The van der Waals surface area contributed by atoms with Crippen LogP contribution in [0.2, 0.25) is 0 Å². The molecule has 2 aromatic rings. The van der Waals surface area contributed by atoms with Crippen LogP contribution in [0, 0.1) is 12.8 Å². The maximum Gasteiger partial charge on any atom is 0.310 e. The van der Waals surface area contributed by atoms with E-state index in [0.717, 1.165) is 25.4 Å². The summed E-state index contributed by atoms with van der Waals surface area (Å²) >= 11 is 0. The lowest BCUT2D eigenvalue weighted by Gasteiger charge is -2.19. The molecule has 2 aromatic carbocycles. The molecule has 0 spiro atoms. The summed E-state index contributed by atoms with van der Waals surface area (Å²) < 4.78 is 10.6. The zero-order valence-corrected chi connectivity index (χ0v) is 15.8. The Morgan fingerprint density at radius 3 is 2.50 bits per heavy atom. The molecule has 0 aliphatic carbocycles. The number of benzene rings is 2. The van der Waals surface area contributed by atoms with Gasteiger partial charge in [-0.3, -0.25) is 9.69 Å². The number of rotatable bonds is 6. The van der Waals surface area contributed by atoms with Gasteiger partial charge in [0.05, 0.1) is 19.6 Å². The summed E-state index contributed by atoms with van der Waals surface area (Å²) in [5, 5.41) is 0. The fraction of sp³-hybridized carbons (Fsp3) is 0.409. The number of carbonyl (C=O) groups is 1. The van der Waals surface area contributed by atoms with Crippen LogP contribution >= 0.6 is 0 Å². The van der Waals surface area contributed by atoms with E-state index < -0.39 is 0 Å². The van der Waals surface area contributed by atoms with E-state index in [1.807, 2.05) is 25.1 Å². The number of esters is 1. The lowest BCUT2D eigenvalue weighted by molar-refractivity contribution is -0.148. The van der Waals surface area contributed by atoms with E-state index in [0.29, 0.717) is 6.61 Å². The summed E-state index contributed by atoms with van der Waals surface area (Å²) in [6.07, 6.45) is 0. The summed E-state index contributed by atoms with van der Waals surface area (Å²) in [6, 6.07) is 16.5. The highest BCUT2D eigenvalue weighted by atomic mass is 16.5. The molecule has 0 saturated carbocycles. The molecule has 3 rings (SSSR count). The lowest BCUT2D eigenvalue weighted by Crippen LogP contribution is -2.25. The molecule has 2 atom stereocenters. The zero-order valence-electron chi connectivity index (χ0n) is 15.8. The van der Waals surface area contributed by atoms with Gasteiger partial charge in [0.2, 0.25) is 0 Å². The third kappa shape index (κ3) is 4.07. The van der Waals surface area contributed by atoms with Crippen molar-refractivity contribution in [1.82, 2.24) is 4.90 Å². The molecule has 0 aromatic heterocycles. The van der Waals surface area contributed by atoms with E-state index >= 15 is 0 Å². The standard InChI is InChI=1S/C22H27NO3/c1-4-26-22(24)21-15-23(13-17-9-11-18(25-3)12-10-17)14-20(21)19-8-6-5-7-16(19)2/h5-12,20-21H,4,13-15H2,1-3H3/t20-,21?/m0/s1. The Hall–Kier alpha value is -2.33. The van der Waals surface area contributed by atoms with Gasteiger partial charge in [0, 0.05) is 25.6 Å². The van der Waals surface area contributed by atoms with Crippen LogP contribution in [0.25, 0.3) is 0 Å². The summed E-state index contributed by atoms with van der Waals surface area (Å²) in [6.45, 7) is 6.81. The first-order valence-corrected chi connectivity index (χ1v) is 9.19. The molecule has 0 amide bonds. The summed E-state index contributed by atoms with van der Waals surface area (Å²) in [7, 11) is 1.67. The van der Waals surface area contributed by atoms with Crippen LogP contribution < -0.4 is 4.74 Å². The van der Waals surface area contributed by atoms with Crippen molar-refractivity contribution in [3.63, 3.8) is 0 Å². The number of likely N-dealkylation sites (tertiary alicyclic amines) is 1. The first-order chi connectivity index (χ1) is 12.6. The number of aryl methyl sites for hydroxylation is 1. The largest absolute Gasteiger partial charge is 0.497 e. The van der Waals surface area contributed by atoms with Gasteiger partial charge in [0.15, 0.2) is 0 Å². The van der Waals surface area contributed by atoms with Crippen LogP contribution in [0.3, 0.4) is 0 Å². The van der Waals surface area contributed by atoms with E-state index in [9.17, 15) is 4.79 Å². The summed E-state index contributed by atoms with van der Waals surface area (Å²) in [5.41, 5.74) is 3.71. The fourth-order valence-corrected chi connectivity index (χ4v) is 3.81. The van der Waals surface area contributed by atoms with Crippen LogP contribution in [0.4, 0.5) is 0 Å². The van der Waals surface area contributed by atoms with Crippen molar-refractivity contribution >= 4 is 5.97 Å². The van der Waals surface area contributed by atoms with Crippen LogP contribution in [-0.4, -0.2) is 37.7 Å². The van der Waals surface area contributed by atoms with Crippen LogP contribution in [0.5, 0.6) is 5.75 Å². The summed E-state index contributed by atoms with van der Waals surface area (Å²) in [5.74, 6) is 0.832. The third-order valence-electron chi connectivity index (χ3n) is 5.14. The van der Waals surface area contributed by atoms with Crippen molar-refractivity contribution in [2.75, 3.05) is 26.8 Å². The Balaban J connectivity index is 1.79. The Morgan fingerprint density at radius 1 is 1.12 bits per heavy atom. The van der Waals surface area contributed by atoms with E-state index in [1.165, 1.54) is 16.7 Å². The average Bonchev–Trinajstić information content (AvgIpc) is 3.06. The third-order valence-corrected chi connectivity index (χ3v) is 5.14. The lowest BCUT2D eigenvalue weighted by atomic mass is 9.86. The summed E-state index contributed by atoms with van der Waals surface area (Å²) in [4.78, 5) is 14.9. The van der Waals surface area contributed by atoms with Crippen molar-refractivity contribution in [2.24, 2.45) is 5.92 Å². The van der Waals surface area contributed by atoms with Crippen molar-refractivity contribution in [3.05, 3.63) is 65.2 Å². The Morgan fingerprint density at radius 2 is 1.85 bits per heavy atom. The van der Waals surface area contributed by atoms with Gasteiger partial charge in [-0.1, -0.05) is 36.4 Å². The minimum absolute atomic E-state index is 0.0852. The van der Waals surface area contributed by atoms with Gasteiger partial charge >= 0.3 is 5.97 Å². The Labute approximate surface area is 155 Å². The highest BCUT2D eigenvalue weighted by molar-refractivity contribution is 5.74. The van der Waals surface area contributed by atoms with Crippen molar-refractivity contribution < 1.29 is 14.3 Å². The number of hydrogen-bond donors (Lipinski definition) is 0. The first-order valence-electron chi connectivity index (χ1n) is 9.19. The molecule has 1 aliphatic rings. The number of hydrogen-bond acceptors (Lipinski definition) is 4. The zero-order chi connectivity index (χ0) is 18.5. The van der Waals surface area contributed by atoms with E-state index in [4.69, 9.17) is 9.47 Å². The van der Waals surface area contributed by atoms with Gasteiger partial charge in [-0.15, -0.1) is 0 Å². The van der Waals surface area contributed by atoms with Gasteiger partial charge in [-0.05, 0) is 42.7 Å². The van der Waals surface area contributed by atoms with E-state index in [2.05, 4.69) is 42.2 Å². The van der Waals surface area contributed by atoms with Gasteiger partial charge in [-0.25, -0.2) is 0 Å². The van der Waals surface area contributed by atoms with Gasteiger partial charge in [0.1, 0.15) is 5.75 Å². The fourth-order valence-electron chi connectivity index (χ4n) is 3.81. The first kappa shape index (κ1) is 18.5. The van der Waals surface area contributed by atoms with Crippen LogP contribution in [-0.2, 0) is 16.1 Å². The molecular formula is C22H27NO3. The molecule has 4 nitrogen and oxygen atoms in total. The molecule has 0 radical (unpaired) electrons. The Bertz CT molecular complexity index is 741. The molecule has 0 bridgehead atoms. The second-order valence-electron chi connectivity index (χ2n) is 6.86. The van der Waals surface area contributed by atoms with Crippen molar-refractivity contribution in [2.45, 2.75) is 26.3 Å². The minimum Gasteiger partial charge on any atom is -0.497 e. The van der Waals surface area contributed by atoms with E-state index in [-0.39, 0.29) is 17.8 Å². The monoisotopic (exact) mass is 353 g/mol. The van der Waals surface area contributed by atoms with E-state index in [1.54, 1.807) is 7.11 Å². The minimum atomic E-state index is -0.116. The topological polar surface area (TPSA) is 38.8 Å². The van der Waals surface area contributed by atoms with Gasteiger partial charge in [0.25, 0.3) is 0 Å². The number of methoxy groups -OCH3 is 1. The maximum absolute atomic E-state index is 12.6. The second kappa shape index (κ2) is 8.37. The van der Waals surface area contributed by atoms with Crippen LogP contribution in [0.15, 0.2) is 48.5 Å². The molecule has 0 N–H and O–H groups in total. The quantitative estimate of drug-likeness (QED) is 0.741. The molecule has 26 heavy (non-hydrogen) atoms. The van der Waals surface area contributed by atoms with Crippen molar-refractivity contribution in [1.29, 1.82) is 0 Å². The maximum atomic E-state index is 12.6. The van der Waals surface area contributed by atoms with Crippen molar-refractivity contribution in [3.8, 4) is 5.75 Å². The normalized spacial score (nSPS) is 20.1. The van der Waals surface area contributed by atoms with Gasteiger partial charge < -0.3 is 9.47 Å². The smallest absolute Gasteiger partial charge is 0.310 e. The number of nitrogens with zero attached hydrogens (tertiary/aromatic N) is 1. The second-order valence-corrected chi connectivity index (χ2v) is 6.86. The highest BCUT2D eigenvalue weighted by Gasteiger charge is 2.39. The molecule has 1 heterocycles. The molecule has 1 unspecified atom stereocenters. The predicted molar refractivity (Wildman–Crippen MR) is 102 cm³/mol. The Kier molecular flexibility index (Phi) is 5.94. The molecule has 138 valence electrons. The highest BCUT2D eigenvalue weighted by Crippen LogP contribution is 2.36. The molecule has 1 fully saturated rings. The molecule has 4 heteroatoms. The number of carbonyl (C=O) groups excluding carboxylic acids is 1. The SMILES string of the molecule is CCOC(=O)C1CN(Cc2ccc(OC)cc2)C[C@H]1c1ccccc1C. The van der Waals surface area contributed by atoms with Crippen LogP contribution in [0.1, 0.15) is 29.5 Å². The average molecular weight is 353 g/mol. The molecule has 1 aliphatic heterocycles. The molecule has 1 saturated heterocycles. The predicted octanol–water partition coefficient (Wildman–Crippen LogP) is 3.78. The number of ether oxygens (including phenoxy) is 2. The van der Waals surface area contributed by atoms with Gasteiger partial charge in [-0.2, -0.15) is 0 Å².